The van der Waals surface area contributed by atoms with Crippen molar-refractivity contribution >= 4 is 34.8 Å². The molecule has 0 aliphatic heterocycles. The van der Waals surface area contributed by atoms with Crippen molar-refractivity contribution in [3.05, 3.63) is 57.2 Å². The van der Waals surface area contributed by atoms with Crippen molar-refractivity contribution in [3.8, 4) is 0 Å². The SMILES string of the molecule is CC(c1cccs1)N(C)C(=O)CCCNC(=O)c1ccc(Cl)cc1. The molecule has 0 aliphatic rings. The molecule has 1 atom stereocenters. The Kier molecular flexibility index (Phi) is 6.82. The molecule has 128 valence electrons. The summed E-state index contributed by atoms with van der Waals surface area (Å²) in [6.45, 7) is 2.49. The van der Waals surface area contributed by atoms with E-state index < -0.39 is 0 Å². The summed E-state index contributed by atoms with van der Waals surface area (Å²) in [5.74, 6) is -0.0731. The summed E-state index contributed by atoms with van der Waals surface area (Å²) in [5, 5.41) is 5.43. The van der Waals surface area contributed by atoms with E-state index in [1.807, 2.05) is 31.5 Å². The number of thiophene rings is 1. The lowest BCUT2D eigenvalue weighted by atomic mass is 10.2. The summed E-state index contributed by atoms with van der Waals surface area (Å²) in [6, 6.07) is 10.8. The van der Waals surface area contributed by atoms with Crippen molar-refractivity contribution in [2.24, 2.45) is 0 Å². The molecule has 1 unspecified atom stereocenters. The number of amides is 2. The summed E-state index contributed by atoms with van der Waals surface area (Å²) in [7, 11) is 1.82. The van der Waals surface area contributed by atoms with E-state index in [0.717, 1.165) is 0 Å². The van der Waals surface area contributed by atoms with Gasteiger partial charge >= 0.3 is 0 Å². The van der Waals surface area contributed by atoms with E-state index in [1.54, 1.807) is 40.5 Å². The fourth-order valence-corrected chi connectivity index (χ4v) is 3.21. The molecule has 0 radical (unpaired) electrons. The zero-order valence-corrected chi connectivity index (χ0v) is 15.4. The number of carbonyl (C=O) groups is 2. The first kappa shape index (κ1) is 18.5. The van der Waals surface area contributed by atoms with Crippen LogP contribution in [0.15, 0.2) is 41.8 Å². The Bertz CT molecular complexity index is 671. The molecule has 0 aliphatic carbocycles. The van der Waals surface area contributed by atoms with Gasteiger partial charge in [-0.05, 0) is 49.1 Å². The van der Waals surface area contributed by atoms with Gasteiger partial charge in [-0.25, -0.2) is 0 Å². The molecule has 24 heavy (non-hydrogen) atoms. The zero-order valence-electron chi connectivity index (χ0n) is 13.8. The highest BCUT2D eigenvalue weighted by molar-refractivity contribution is 7.10. The normalized spacial score (nSPS) is 11.8. The molecule has 0 fully saturated rings. The molecule has 4 nitrogen and oxygen atoms in total. The summed E-state index contributed by atoms with van der Waals surface area (Å²) < 4.78 is 0. The van der Waals surface area contributed by atoms with Crippen LogP contribution in [0, 0.1) is 0 Å². The van der Waals surface area contributed by atoms with Crippen molar-refractivity contribution in [1.29, 1.82) is 0 Å². The lowest BCUT2D eigenvalue weighted by Gasteiger charge is -2.24. The second-order valence-corrected chi connectivity index (χ2v) is 6.98. The zero-order chi connectivity index (χ0) is 17.5. The maximum absolute atomic E-state index is 12.2. The Hall–Kier alpha value is -1.85. The Morgan fingerprint density at radius 2 is 1.96 bits per heavy atom. The third-order valence-electron chi connectivity index (χ3n) is 3.89. The molecule has 2 rings (SSSR count). The van der Waals surface area contributed by atoms with Crippen LogP contribution in [0.25, 0.3) is 0 Å². The summed E-state index contributed by atoms with van der Waals surface area (Å²) in [5.41, 5.74) is 0.564. The Morgan fingerprint density at radius 3 is 2.58 bits per heavy atom. The van der Waals surface area contributed by atoms with Gasteiger partial charge in [-0.15, -0.1) is 11.3 Å². The number of hydrogen-bond donors (Lipinski definition) is 1. The van der Waals surface area contributed by atoms with Gasteiger partial charge in [0, 0.05) is 35.5 Å². The number of benzene rings is 1. The Balaban J connectivity index is 1.72. The van der Waals surface area contributed by atoms with Crippen LogP contribution in [0.3, 0.4) is 0 Å². The van der Waals surface area contributed by atoms with E-state index in [4.69, 9.17) is 11.6 Å². The minimum absolute atomic E-state index is 0.0705. The van der Waals surface area contributed by atoms with Crippen molar-refractivity contribution in [2.75, 3.05) is 13.6 Å². The van der Waals surface area contributed by atoms with Crippen LogP contribution in [0.5, 0.6) is 0 Å². The first-order valence-electron chi connectivity index (χ1n) is 7.82. The van der Waals surface area contributed by atoms with Crippen molar-refractivity contribution in [1.82, 2.24) is 10.2 Å². The quantitative estimate of drug-likeness (QED) is 0.751. The van der Waals surface area contributed by atoms with Gasteiger partial charge in [-0.1, -0.05) is 17.7 Å². The van der Waals surface area contributed by atoms with Crippen LogP contribution in [-0.2, 0) is 4.79 Å². The van der Waals surface area contributed by atoms with E-state index in [0.29, 0.717) is 30.0 Å². The predicted molar refractivity (Wildman–Crippen MR) is 98.5 cm³/mol. The number of halogens is 1. The molecule has 2 amide bonds. The molecule has 1 N–H and O–H groups in total. The molecular formula is C18H21ClN2O2S. The number of hydrogen-bond acceptors (Lipinski definition) is 3. The first-order valence-corrected chi connectivity index (χ1v) is 9.07. The minimum atomic E-state index is -0.153. The van der Waals surface area contributed by atoms with Crippen LogP contribution in [0.2, 0.25) is 5.02 Å². The smallest absolute Gasteiger partial charge is 0.251 e. The maximum Gasteiger partial charge on any atom is 0.251 e. The van der Waals surface area contributed by atoms with Gasteiger partial charge in [-0.3, -0.25) is 9.59 Å². The van der Waals surface area contributed by atoms with E-state index in [9.17, 15) is 9.59 Å². The fourth-order valence-electron chi connectivity index (χ4n) is 2.26. The highest BCUT2D eigenvalue weighted by Crippen LogP contribution is 2.23. The van der Waals surface area contributed by atoms with Crippen molar-refractivity contribution in [2.45, 2.75) is 25.8 Å². The molecule has 1 aromatic carbocycles. The molecule has 1 aromatic heterocycles. The Morgan fingerprint density at radius 1 is 1.25 bits per heavy atom. The lowest BCUT2D eigenvalue weighted by molar-refractivity contribution is -0.131. The van der Waals surface area contributed by atoms with E-state index in [-0.39, 0.29) is 17.9 Å². The van der Waals surface area contributed by atoms with Gasteiger partial charge in [0.25, 0.3) is 5.91 Å². The van der Waals surface area contributed by atoms with Crippen LogP contribution < -0.4 is 5.32 Å². The second kappa shape index (κ2) is 8.85. The third-order valence-corrected chi connectivity index (χ3v) is 5.18. The van der Waals surface area contributed by atoms with Crippen LogP contribution in [-0.4, -0.2) is 30.3 Å². The van der Waals surface area contributed by atoms with E-state index >= 15 is 0 Å². The van der Waals surface area contributed by atoms with Gasteiger partial charge in [0.2, 0.25) is 5.91 Å². The van der Waals surface area contributed by atoms with Crippen LogP contribution in [0.1, 0.15) is 41.0 Å². The first-order chi connectivity index (χ1) is 11.5. The minimum Gasteiger partial charge on any atom is -0.352 e. The average Bonchev–Trinajstić information content (AvgIpc) is 3.12. The second-order valence-electron chi connectivity index (χ2n) is 5.56. The monoisotopic (exact) mass is 364 g/mol. The summed E-state index contributed by atoms with van der Waals surface area (Å²) in [4.78, 5) is 27.1. The van der Waals surface area contributed by atoms with Gasteiger partial charge in [0.15, 0.2) is 0 Å². The standard InChI is InChI=1S/C18H21ClN2O2S/c1-13(16-5-4-12-24-16)21(2)17(22)6-3-11-20-18(23)14-7-9-15(19)10-8-14/h4-5,7-10,12-13H,3,6,11H2,1-2H3,(H,20,23). The molecule has 2 aromatic rings. The Labute approximate surface area is 151 Å². The topological polar surface area (TPSA) is 49.4 Å². The van der Waals surface area contributed by atoms with Gasteiger partial charge in [0.1, 0.15) is 0 Å². The average molecular weight is 365 g/mol. The molecule has 6 heteroatoms. The van der Waals surface area contributed by atoms with Gasteiger partial charge < -0.3 is 10.2 Å². The molecule has 0 spiro atoms. The molecular weight excluding hydrogens is 344 g/mol. The molecule has 0 saturated carbocycles. The van der Waals surface area contributed by atoms with Crippen molar-refractivity contribution in [3.63, 3.8) is 0 Å². The molecule has 1 heterocycles. The largest absolute Gasteiger partial charge is 0.352 e. The van der Waals surface area contributed by atoms with Crippen molar-refractivity contribution < 1.29 is 9.59 Å². The summed E-state index contributed by atoms with van der Waals surface area (Å²) >= 11 is 7.44. The lowest BCUT2D eigenvalue weighted by Crippen LogP contribution is -2.30. The predicted octanol–water partition coefficient (Wildman–Crippen LogP) is 4.13. The van der Waals surface area contributed by atoms with Gasteiger partial charge in [0.05, 0.1) is 6.04 Å². The fraction of sp³-hybridized carbons (Fsp3) is 0.333. The number of nitrogens with zero attached hydrogens (tertiary/aromatic N) is 1. The summed E-state index contributed by atoms with van der Waals surface area (Å²) in [6.07, 6.45) is 1.02. The number of rotatable bonds is 7. The van der Waals surface area contributed by atoms with Crippen LogP contribution >= 0.6 is 22.9 Å². The van der Waals surface area contributed by atoms with Gasteiger partial charge in [-0.2, -0.15) is 0 Å². The van der Waals surface area contributed by atoms with E-state index in [2.05, 4.69) is 5.32 Å². The highest BCUT2D eigenvalue weighted by Gasteiger charge is 2.17. The molecule has 0 saturated heterocycles. The highest BCUT2D eigenvalue weighted by atomic mass is 35.5. The van der Waals surface area contributed by atoms with Crippen LogP contribution in [0.4, 0.5) is 0 Å². The third kappa shape index (κ3) is 5.08. The number of nitrogens with one attached hydrogen (secondary N) is 1. The van der Waals surface area contributed by atoms with E-state index in [1.165, 1.54) is 4.88 Å². The number of carbonyl (C=O) groups excluding carboxylic acids is 2. The maximum atomic E-state index is 12.2. The molecule has 0 bridgehead atoms.